The number of carbonyl (C=O) groups excluding carboxylic acids is 4. The zero-order chi connectivity index (χ0) is 21.4. The molecular formula is C20H37N3O4. The highest BCUT2D eigenvalue weighted by atomic mass is 16.2. The summed E-state index contributed by atoms with van der Waals surface area (Å²) in [7, 11) is 3.14. The van der Waals surface area contributed by atoms with Gasteiger partial charge in [0.15, 0.2) is 11.9 Å². The van der Waals surface area contributed by atoms with Gasteiger partial charge in [0.2, 0.25) is 11.8 Å². The first kappa shape index (κ1) is 25.2. The van der Waals surface area contributed by atoms with Gasteiger partial charge in [0.25, 0.3) is 0 Å². The van der Waals surface area contributed by atoms with Crippen LogP contribution >= 0.6 is 0 Å². The monoisotopic (exact) mass is 383 g/mol. The summed E-state index contributed by atoms with van der Waals surface area (Å²) < 4.78 is 0. The third-order valence-electron chi connectivity index (χ3n) is 4.92. The van der Waals surface area contributed by atoms with Crippen molar-refractivity contribution in [3.05, 3.63) is 0 Å². The fraction of sp³-hybridized carbons (Fsp3) is 0.800. The maximum atomic E-state index is 13.1. The zero-order valence-electron chi connectivity index (χ0n) is 18.1. The highest BCUT2D eigenvalue weighted by molar-refractivity contribution is 5.89. The summed E-state index contributed by atoms with van der Waals surface area (Å²) in [6, 6.07) is -1.28. The first-order valence-corrected chi connectivity index (χ1v) is 9.70. The Morgan fingerprint density at radius 3 is 2.00 bits per heavy atom. The standard InChI is InChI=1S/C20H37N3O4/c1-9-10-18(26)22(7)16(6)19(27)23(8)20(13-25,11-14(2)3)21-17(12-24)15(4)5/h12-17,21H,9-11H2,1-8H3/t16-,17?,20-/m1/s1. The van der Waals surface area contributed by atoms with Gasteiger partial charge < -0.3 is 14.6 Å². The SMILES string of the molecule is CCCC(=O)N(C)[C@H](C)C(=O)N(C)[C@@](C=O)(CC(C)C)NC(C=O)C(C)C. The fourth-order valence-electron chi connectivity index (χ4n) is 2.97. The second-order valence-electron chi connectivity index (χ2n) is 8.02. The summed E-state index contributed by atoms with van der Waals surface area (Å²) in [5, 5.41) is 3.09. The molecule has 0 aliphatic heterocycles. The van der Waals surface area contributed by atoms with E-state index in [0.717, 1.165) is 6.29 Å². The lowest BCUT2D eigenvalue weighted by Crippen LogP contribution is -2.67. The van der Waals surface area contributed by atoms with Gasteiger partial charge in [-0.1, -0.05) is 34.6 Å². The summed E-state index contributed by atoms with van der Waals surface area (Å²) in [5.41, 5.74) is -1.32. The molecule has 1 unspecified atom stereocenters. The fourth-order valence-corrected chi connectivity index (χ4v) is 2.97. The van der Waals surface area contributed by atoms with E-state index in [1.807, 2.05) is 34.6 Å². The van der Waals surface area contributed by atoms with Crippen molar-refractivity contribution in [1.82, 2.24) is 15.1 Å². The summed E-state index contributed by atoms with van der Waals surface area (Å²) in [6.45, 7) is 11.2. The first-order chi connectivity index (χ1) is 12.5. The molecule has 0 saturated carbocycles. The van der Waals surface area contributed by atoms with E-state index in [1.54, 1.807) is 21.0 Å². The molecule has 0 fully saturated rings. The van der Waals surface area contributed by atoms with Crippen LogP contribution in [0.2, 0.25) is 0 Å². The third-order valence-corrected chi connectivity index (χ3v) is 4.92. The molecule has 0 aliphatic rings. The third kappa shape index (κ3) is 6.72. The second-order valence-corrected chi connectivity index (χ2v) is 8.02. The molecule has 0 aliphatic carbocycles. The summed E-state index contributed by atoms with van der Waals surface area (Å²) in [6.07, 6.45) is 2.88. The molecule has 0 heterocycles. The number of hydrogen-bond donors (Lipinski definition) is 1. The lowest BCUT2D eigenvalue weighted by atomic mass is 9.93. The summed E-state index contributed by atoms with van der Waals surface area (Å²) in [4.78, 5) is 51.6. The van der Waals surface area contributed by atoms with Gasteiger partial charge in [0.05, 0.1) is 6.04 Å². The molecule has 0 bridgehead atoms. The minimum absolute atomic E-state index is 0.0382. The molecule has 0 aromatic carbocycles. The molecule has 7 heteroatoms. The van der Waals surface area contributed by atoms with Crippen LogP contribution in [0.1, 0.15) is 60.8 Å². The van der Waals surface area contributed by atoms with Crippen LogP contribution in [0, 0.1) is 11.8 Å². The average molecular weight is 384 g/mol. The normalized spacial score (nSPS) is 15.8. The molecule has 0 saturated heterocycles. The van der Waals surface area contributed by atoms with Crippen molar-refractivity contribution in [3.63, 3.8) is 0 Å². The smallest absolute Gasteiger partial charge is 0.246 e. The molecule has 0 radical (unpaired) electrons. The van der Waals surface area contributed by atoms with E-state index in [1.165, 1.54) is 9.80 Å². The van der Waals surface area contributed by atoms with Crippen molar-refractivity contribution >= 4 is 24.4 Å². The highest BCUT2D eigenvalue weighted by Crippen LogP contribution is 2.22. The van der Waals surface area contributed by atoms with E-state index >= 15 is 0 Å². The van der Waals surface area contributed by atoms with E-state index in [4.69, 9.17) is 0 Å². The van der Waals surface area contributed by atoms with Crippen LogP contribution in [0.3, 0.4) is 0 Å². The van der Waals surface area contributed by atoms with Crippen molar-refractivity contribution < 1.29 is 19.2 Å². The van der Waals surface area contributed by atoms with Gasteiger partial charge in [-0.15, -0.1) is 0 Å². The Bertz CT molecular complexity index is 521. The summed E-state index contributed by atoms with van der Waals surface area (Å²) in [5.74, 6) is -0.403. The van der Waals surface area contributed by atoms with Gasteiger partial charge in [-0.25, -0.2) is 0 Å². The number of carbonyl (C=O) groups is 4. The Labute approximate surface area is 163 Å². The van der Waals surface area contributed by atoms with E-state index in [-0.39, 0.29) is 23.7 Å². The molecule has 156 valence electrons. The van der Waals surface area contributed by atoms with Crippen molar-refractivity contribution in [2.24, 2.45) is 11.8 Å². The summed E-state index contributed by atoms with van der Waals surface area (Å²) >= 11 is 0. The largest absolute Gasteiger partial charge is 0.334 e. The Morgan fingerprint density at radius 1 is 1.07 bits per heavy atom. The Balaban J connectivity index is 5.75. The maximum Gasteiger partial charge on any atom is 0.246 e. The molecule has 0 aromatic rings. The topological polar surface area (TPSA) is 86.8 Å². The van der Waals surface area contributed by atoms with E-state index < -0.39 is 17.7 Å². The second kappa shape index (κ2) is 11.2. The van der Waals surface area contributed by atoms with Crippen LogP contribution in [0.4, 0.5) is 0 Å². The molecular weight excluding hydrogens is 346 g/mol. The van der Waals surface area contributed by atoms with E-state index in [0.29, 0.717) is 25.5 Å². The lowest BCUT2D eigenvalue weighted by molar-refractivity contribution is -0.151. The molecule has 27 heavy (non-hydrogen) atoms. The molecule has 0 spiro atoms. The number of amides is 2. The molecule has 0 rings (SSSR count). The Hall–Kier alpha value is -1.76. The van der Waals surface area contributed by atoms with Crippen molar-refractivity contribution in [2.45, 2.75) is 78.6 Å². The van der Waals surface area contributed by atoms with Crippen LogP contribution in [-0.4, -0.2) is 66.0 Å². The van der Waals surface area contributed by atoms with Crippen LogP contribution in [0.25, 0.3) is 0 Å². The number of nitrogens with zero attached hydrogens (tertiary/aromatic N) is 2. The number of nitrogens with one attached hydrogen (secondary N) is 1. The van der Waals surface area contributed by atoms with Crippen LogP contribution in [-0.2, 0) is 19.2 Å². The van der Waals surface area contributed by atoms with Crippen LogP contribution in [0.5, 0.6) is 0 Å². The van der Waals surface area contributed by atoms with E-state index in [9.17, 15) is 19.2 Å². The van der Waals surface area contributed by atoms with Crippen LogP contribution in [0.15, 0.2) is 0 Å². The Morgan fingerprint density at radius 2 is 1.63 bits per heavy atom. The molecule has 7 nitrogen and oxygen atoms in total. The minimum atomic E-state index is -1.32. The number of likely N-dealkylation sites (N-methyl/N-ethyl adjacent to an activating group) is 2. The van der Waals surface area contributed by atoms with Crippen LogP contribution < -0.4 is 5.32 Å². The molecule has 0 aromatic heterocycles. The van der Waals surface area contributed by atoms with Gasteiger partial charge in [0, 0.05) is 20.5 Å². The van der Waals surface area contributed by atoms with Gasteiger partial charge in [-0.2, -0.15) is 0 Å². The molecule has 3 atom stereocenters. The van der Waals surface area contributed by atoms with Crippen molar-refractivity contribution in [2.75, 3.05) is 14.1 Å². The van der Waals surface area contributed by atoms with Crippen molar-refractivity contribution in [1.29, 1.82) is 0 Å². The van der Waals surface area contributed by atoms with Crippen molar-refractivity contribution in [3.8, 4) is 0 Å². The van der Waals surface area contributed by atoms with Gasteiger partial charge in [0.1, 0.15) is 12.3 Å². The highest BCUT2D eigenvalue weighted by Gasteiger charge is 2.42. The Kier molecular flexibility index (Phi) is 10.4. The number of rotatable bonds is 12. The van der Waals surface area contributed by atoms with E-state index in [2.05, 4.69) is 5.32 Å². The molecule has 2 amide bonds. The van der Waals surface area contributed by atoms with Gasteiger partial charge in [-0.05, 0) is 31.6 Å². The van der Waals surface area contributed by atoms with Gasteiger partial charge >= 0.3 is 0 Å². The number of hydrogen-bond acceptors (Lipinski definition) is 5. The average Bonchev–Trinajstić information content (AvgIpc) is 2.62. The quantitative estimate of drug-likeness (QED) is 0.410. The number of aldehydes is 2. The zero-order valence-corrected chi connectivity index (χ0v) is 18.1. The predicted octanol–water partition coefficient (Wildman–Crippen LogP) is 1.85. The predicted molar refractivity (Wildman–Crippen MR) is 106 cm³/mol. The minimum Gasteiger partial charge on any atom is -0.334 e. The lowest BCUT2D eigenvalue weighted by Gasteiger charge is -2.43. The van der Waals surface area contributed by atoms with Gasteiger partial charge in [-0.3, -0.25) is 19.7 Å². The molecule has 1 N–H and O–H groups in total. The first-order valence-electron chi connectivity index (χ1n) is 9.70. The maximum absolute atomic E-state index is 13.1.